The van der Waals surface area contributed by atoms with E-state index >= 15 is 0 Å². The number of carbonyl (C=O) groups excluding carboxylic acids is 2. The van der Waals surface area contributed by atoms with Gasteiger partial charge >= 0.3 is 11.9 Å². The maximum atomic E-state index is 12.3. The molecule has 0 radical (unpaired) electrons. The Hall–Kier alpha value is -2.82. The summed E-state index contributed by atoms with van der Waals surface area (Å²) in [6.07, 6.45) is 0.883. The molecule has 5 heteroatoms. The number of hydrogen-bond acceptors (Lipinski definition) is 5. The van der Waals surface area contributed by atoms with E-state index in [1.54, 1.807) is 42.5 Å². The Morgan fingerprint density at radius 2 is 1.54 bits per heavy atom. The summed E-state index contributed by atoms with van der Waals surface area (Å²) < 4.78 is 16.1. The Labute approximate surface area is 153 Å². The third-order valence-corrected chi connectivity index (χ3v) is 3.37. The summed E-state index contributed by atoms with van der Waals surface area (Å²) in [6.45, 7) is 6.86. The topological polar surface area (TPSA) is 61.8 Å². The van der Waals surface area contributed by atoms with Crippen molar-refractivity contribution in [1.82, 2.24) is 0 Å². The quantitative estimate of drug-likeness (QED) is 0.514. The summed E-state index contributed by atoms with van der Waals surface area (Å²) in [4.78, 5) is 24.4. The predicted octanol–water partition coefficient (Wildman–Crippen LogP) is 4.51. The van der Waals surface area contributed by atoms with Crippen LogP contribution in [0.3, 0.4) is 0 Å². The Balaban J connectivity index is 2.05. The number of benzene rings is 2. The van der Waals surface area contributed by atoms with E-state index in [4.69, 9.17) is 14.2 Å². The minimum absolute atomic E-state index is 0.252. The maximum absolute atomic E-state index is 12.3. The second kappa shape index (κ2) is 9.61. The molecule has 2 aromatic rings. The summed E-state index contributed by atoms with van der Waals surface area (Å²) in [5.41, 5.74) is 0.724. The van der Waals surface area contributed by atoms with Gasteiger partial charge in [-0.05, 0) is 48.7 Å². The summed E-state index contributed by atoms with van der Waals surface area (Å²) in [7, 11) is 0. The van der Waals surface area contributed by atoms with Gasteiger partial charge in [0.25, 0.3) is 0 Å². The standard InChI is InChI=1S/C21H24O5/c1-4-11-24-18-9-5-8-17(12-18)21(23)26-19-10-6-7-16(13-19)20(22)25-14-15(2)3/h5-10,12-13,15H,4,11,14H2,1-3H3. The number of esters is 2. The van der Waals surface area contributed by atoms with Crippen LogP contribution in [0, 0.1) is 5.92 Å². The van der Waals surface area contributed by atoms with Crippen LogP contribution in [0.5, 0.6) is 11.5 Å². The summed E-state index contributed by atoms with van der Waals surface area (Å²) in [5, 5.41) is 0. The molecule has 0 N–H and O–H groups in total. The van der Waals surface area contributed by atoms with Crippen molar-refractivity contribution in [3.8, 4) is 11.5 Å². The Kier molecular flexibility index (Phi) is 7.21. The van der Waals surface area contributed by atoms with Crippen LogP contribution >= 0.6 is 0 Å². The SMILES string of the molecule is CCCOc1cccc(C(=O)Oc2cccc(C(=O)OCC(C)C)c2)c1. The lowest BCUT2D eigenvalue weighted by molar-refractivity contribution is 0.0457. The van der Waals surface area contributed by atoms with Gasteiger partial charge in [0.15, 0.2) is 0 Å². The van der Waals surface area contributed by atoms with E-state index in [9.17, 15) is 9.59 Å². The van der Waals surface area contributed by atoms with Crippen molar-refractivity contribution in [2.45, 2.75) is 27.2 Å². The smallest absolute Gasteiger partial charge is 0.343 e. The molecule has 0 aliphatic carbocycles. The van der Waals surface area contributed by atoms with E-state index in [0.717, 1.165) is 6.42 Å². The van der Waals surface area contributed by atoms with Crippen molar-refractivity contribution in [3.63, 3.8) is 0 Å². The van der Waals surface area contributed by atoms with Gasteiger partial charge in [0.2, 0.25) is 0 Å². The Bertz CT molecular complexity index is 752. The largest absolute Gasteiger partial charge is 0.494 e. The van der Waals surface area contributed by atoms with Crippen molar-refractivity contribution < 1.29 is 23.8 Å². The first-order valence-corrected chi connectivity index (χ1v) is 8.71. The normalized spacial score (nSPS) is 10.5. The van der Waals surface area contributed by atoms with Crippen LogP contribution in [0.15, 0.2) is 48.5 Å². The summed E-state index contributed by atoms with van der Waals surface area (Å²) in [6, 6.07) is 13.2. The van der Waals surface area contributed by atoms with Crippen molar-refractivity contribution in [2.24, 2.45) is 5.92 Å². The van der Waals surface area contributed by atoms with Crippen molar-refractivity contribution in [1.29, 1.82) is 0 Å². The highest BCUT2D eigenvalue weighted by Gasteiger charge is 2.13. The molecule has 0 aromatic heterocycles. The first-order chi connectivity index (χ1) is 12.5. The predicted molar refractivity (Wildman–Crippen MR) is 98.7 cm³/mol. The zero-order valence-corrected chi connectivity index (χ0v) is 15.4. The van der Waals surface area contributed by atoms with Crippen LogP contribution in [0.25, 0.3) is 0 Å². The van der Waals surface area contributed by atoms with Gasteiger partial charge in [-0.3, -0.25) is 0 Å². The molecule has 0 saturated carbocycles. The van der Waals surface area contributed by atoms with Crippen LogP contribution in [0.1, 0.15) is 47.9 Å². The maximum Gasteiger partial charge on any atom is 0.343 e. The number of rotatable bonds is 8. The van der Waals surface area contributed by atoms with Gasteiger partial charge in [-0.2, -0.15) is 0 Å². The molecule has 0 fully saturated rings. The van der Waals surface area contributed by atoms with E-state index in [1.165, 1.54) is 6.07 Å². The molecule has 138 valence electrons. The van der Waals surface area contributed by atoms with Gasteiger partial charge in [-0.1, -0.05) is 32.9 Å². The summed E-state index contributed by atoms with van der Waals surface area (Å²) >= 11 is 0. The van der Waals surface area contributed by atoms with Crippen LogP contribution in [-0.2, 0) is 4.74 Å². The Morgan fingerprint density at radius 1 is 0.923 bits per heavy atom. The molecule has 2 aromatic carbocycles. The molecule has 5 nitrogen and oxygen atoms in total. The van der Waals surface area contributed by atoms with Crippen molar-refractivity contribution in [2.75, 3.05) is 13.2 Å². The highest BCUT2D eigenvalue weighted by Crippen LogP contribution is 2.19. The minimum Gasteiger partial charge on any atom is -0.494 e. The van der Waals surface area contributed by atoms with Gasteiger partial charge in [0.1, 0.15) is 11.5 Å². The molecule has 0 bridgehead atoms. The third kappa shape index (κ3) is 5.92. The molecule has 0 spiro atoms. The zero-order valence-electron chi connectivity index (χ0n) is 15.4. The lowest BCUT2D eigenvalue weighted by Crippen LogP contribution is -2.12. The van der Waals surface area contributed by atoms with E-state index in [1.807, 2.05) is 20.8 Å². The van der Waals surface area contributed by atoms with Gasteiger partial charge < -0.3 is 14.2 Å². The first-order valence-electron chi connectivity index (χ1n) is 8.71. The van der Waals surface area contributed by atoms with E-state index in [-0.39, 0.29) is 11.7 Å². The fourth-order valence-electron chi connectivity index (χ4n) is 2.11. The van der Waals surface area contributed by atoms with E-state index < -0.39 is 11.9 Å². The molecule has 0 amide bonds. The second-order valence-corrected chi connectivity index (χ2v) is 6.29. The fraction of sp³-hybridized carbons (Fsp3) is 0.333. The van der Waals surface area contributed by atoms with Crippen LogP contribution in [-0.4, -0.2) is 25.2 Å². The van der Waals surface area contributed by atoms with Crippen molar-refractivity contribution >= 4 is 11.9 Å². The lowest BCUT2D eigenvalue weighted by atomic mass is 10.2. The monoisotopic (exact) mass is 356 g/mol. The fourth-order valence-corrected chi connectivity index (χ4v) is 2.11. The number of hydrogen-bond donors (Lipinski definition) is 0. The molecule has 26 heavy (non-hydrogen) atoms. The molecule has 0 atom stereocenters. The minimum atomic E-state index is -0.514. The molecule has 0 unspecified atom stereocenters. The van der Waals surface area contributed by atoms with Gasteiger partial charge in [-0.15, -0.1) is 0 Å². The van der Waals surface area contributed by atoms with Gasteiger partial charge in [-0.25, -0.2) is 9.59 Å². The first kappa shape index (κ1) is 19.5. The second-order valence-electron chi connectivity index (χ2n) is 6.29. The highest BCUT2D eigenvalue weighted by molar-refractivity contribution is 5.93. The highest BCUT2D eigenvalue weighted by atomic mass is 16.5. The lowest BCUT2D eigenvalue weighted by Gasteiger charge is -2.09. The van der Waals surface area contributed by atoms with Crippen LogP contribution in [0.4, 0.5) is 0 Å². The molecule has 0 heterocycles. The molecule has 0 saturated heterocycles. The molecular weight excluding hydrogens is 332 g/mol. The van der Waals surface area contributed by atoms with E-state index in [0.29, 0.717) is 30.1 Å². The molecule has 0 aliphatic rings. The van der Waals surface area contributed by atoms with Crippen LogP contribution in [0.2, 0.25) is 0 Å². The molecule has 0 aliphatic heterocycles. The average molecular weight is 356 g/mol. The zero-order chi connectivity index (χ0) is 18.9. The van der Waals surface area contributed by atoms with Crippen LogP contribution < -0.4 is 9.47 Å². The third-order valence-electron chi connectivity index (χ3n) is 3.37. The summed E-state index contributed by atoms with van der Waals surface area (Å²) in [5.74, 6) is 0.203. The van der Waals surface area contributed by atoms with E-state index in [2.05, 4.69) is 0 Å². The van der Waals surface area contributed by atoms with Gasteiger partial charge in [0, 0.05) is 0 Å². The van der Waals surface area contributed by atoms with Crippen molar-refractivity contribution in [3.05, 3.63) is 59.7 Å². The average Bonchev–Trinajstić information content (AvgIpc) is 2.64. The molecule has 2 rings (SSSR count). The van der Waals surface area contributed by atoms with Gasteiger partial charge in [0.05, 0.1) is 24.3 Å². The Morgan fingerprint density at radius 3 is 2.19 bits per heavy atom. The number of ether oxygens (including phenoxy) is 3. The molecular formula is C21H24O5. The number of carbonyl (C=O) groups is 2.